The fraction of sp³-hybridized carbons (Fsp3) is 0.375. The van der Waals surface area contributed by atoms with Crippen molar-refractivity contribution in [1.82, 2.24) is 10.2 Å². The Hall–Kier alpha value is -2.70. The molecule has 3 saturated heterocycles. The summed E-state index contributed by atoms with van der Waals surface area (Å²) in [4.78, 5) is 40.8. The highest BCUT2D eigenvalue weighted by Crippen LogP contribution is 2.38. The van der Waals surface area contributed by atoms with Gasteiger partial charge in [-0.3, -0.25) is 24.6 Å². The zero-order chi connectivity index (χ0) is 21.5. The zero-order valence-corrected chi connectivity index (χ0v) is 17.9. The number of anilines is 1. The predicted octanol–water partition coefficient (Wildman–Crippen LogP) is 3.34. The van der Waals surface area contributed by atoms with Crippen molar-refractivity contribution in [3.63, 3.8) is 0 Å². The summed E-state index contributed by atoms with van der Waals surface area (Å²) in [7, 11) is 0. The Morgan fingerprint density at radius 3 is 2.52 bits per heavy atom. The van der Waals surface area contributed by atoms with Crippen LogP contribution in [-0.2, 0) is 14.4 Å². The molecule has 2 aromatic rings. The lowest BCUT2D eigenvalue weighted by molar-refractivity contribution is -0.134. The minimum atomic E-state index is -0.426. The van der Waals surface area contributed by atoms with E-state index in [1.54, 1.807) is 0 Å². The molecule has 2 unspecified atom stereocenters. The van der Waals surface area contributed by atoms with E-state index in [-0.39, 0.29) is 23.8 Å². The Bertz CT molecular complexity index is 1050. The van der Waals surface area contributed by atoms with Gasteiger partial charge in [-0.15, -0.1) is 0 Å². The molecule has 0 saturated carbocycles. The number of imide groups is 1. The third-order valence-corrected chi connectivity index (χ3v) is 7.08. The molecule has 3 aliphatic heterocycles. The molecule has 2 aromatic carbocycles. The highest BCUT2D eigenvalue weighted by atomic mass is 35.5. The molecule has 7 heteroatoms. The second-order valence-corrected chi connectivity index (χ2v) is 8.82. The van der Waals surface area contributed by atoms with Crippen molar-refractivity contribution < 1.29 is 14.4 Å². The second kappa shape index (κ2) is 8.09. The number of carbonyl (C=O) groups excluding carboxylic acids is 3. The van der Waals surface area contributed by atoms with Crippen molar-refractivity contribution in [2.24, 2.45) is 0 Å². The average Bonchev–Trinajstić information content (AvgIpc) is 3.25. The summed E-state index contributed by atoms with van der Waals surface area (Å²) >= 11 is 6.72. The van der Waals surface area contributed by atoms with Crippen LogP contribution in [0.15, 0.2) is 42.5 Å². The number of halogens is 1. The van der Waals surface area contributed by atoms with Crippen LogP contribution >= 0.6 is 11.6 Å². The smallest absolute Gasteiger partial charge is 0.244 e. The Kier molecular flexibility index (Phi) is 5.28. The number of nitrogens with zero attached hydrogens (tertiary/aromatic N) is 2. The molecule has 3 aliphatic rings. The average molecular weight is 438 g/mol. The van der Waals surface area contributed by atoms with Crippen LogP contribution in [-0.4, -0.2) is 48.3 Å². The SMILES string of the molecule is O=C1CCC(c2cccc(-c3ccc(N4CCN5CCCC5C4=O)cc3)c2Cl)C(=O)N1. The monoisotopic (exact) mass is 437 g/mol. The van der Waals surface area contributed by atoms with E-state index in [1.807, 2.05) is 47.4 Å². The largest absolute Gasteiger partial charge is 0.310 e. The van der Waals surface area contributed by atoms with Gasteiger partial charge in [-0.1, -0.05) is 41.9 Å². The molecular formula is C24H24ClN3O3. The molecule has 3 amide bonds. The van der Waals surface area contributed by atoms with E-state index in [1.165, 1.54) is 0 Å². The molecule has 0 aliphatic carbocycles. The number of carbonyl (C=O) groups is 3. The van der Waals surface area contributed by atoms with Gasteiger partial charge in [0.15, 0.2) is 0 Å². The van der Waals surface area contributed by atoms with Crippen LogP contribution in [0.4, 0.5) is 5.69 Å². The molecule has 3 heterocycles. The highest BCUT2D eigenvalue weighted by Gasteiger charge is 2.38. The summed E-state index contributed by atoms with van der Waals surface area (Å²) < 4.78 is 0. The van der Waals surface area contributed by atoms with Crippen molar-refractivity contribution in [1.29, 1.82) is 0 Å². The van der Waals surface area contributed by atoms with E-state index in [0.29, 0.717) is 24.4 Å². The molecule has 0 aromatic heterocycles. The van der Waals surface area contributed by atoms with Gasteiger partial charge in [0.1, 0.15) is 0 Å². The molecule has 0 bridgehead atoms. The van der Waals surface area contributed by atoms with Gasteiger partial charge in [0.25, 0.3) is 0 Å². The molecule has 0 spiro atoms. The lowest BCUT2D eigenvalue weighted by Crippen LogP contribution is -2.54. The van der Waals surface area contributed by atoms with E-state index in [0.717, 1.165) is 48.3 Å². The van der Waals surface area contributed by atoms with Crippen LogP contribution in [0.2, 0.25) is 5.02 Å². The van der Waals surface area contributed by atoms with Gasteiger partial charge in [0.2, 0.25) is 17.7 Å². The Labute approximate surface area is 186 Å². The van der Waals surface area contributed by atoms with Crippen LogP contribution < -0.4 is 10.2 Å². The van der Waals surface area contributed by atoms with Gasteiger partial charge in [-0.05, 0) is 49.1 Å². The second-order valence-electron chi connectivity index (χ2n) is 8.44. The number of nitrogens with one attached hydrogen (secondary N) is 1. The first-order valence-corrected chi connectivity index (χ1v) is 11.2. The number of piperazine rings is 1. The van der Waals surface area contributed by atoms with E-state index in [4.69, 9.17) is 11.6 Å². The lowest BCUT2D eigenvalue weighted by atomic mass is 9.88. The zero-order valence-electron chi connectivity index (χ0n) is 17.1. The lowest BCUT2D eigenvalue weighted by Gasteiger charge is -2.36. The van der Waals surface area contributed by atoms with E-state index in [9.17, 15) is 14.4 Å². The summed E-state index contributed by atoms with van der Waals surface area (Å²) in [6.45, 7) is 2.64. The van der Waals surface area contributed by atoms with Crippen molar-refractivity contribution >= 4 is 35.0 Å². The summed E-state index contributed by atoms with van der Waals surface area (Å²) in [6, 6.07) is 13.6. The maximum Gasteiger partial charge on any atom is 0.244 e. The number of hydrogen-bond acceptors (Lipinski definition) is 4. The third kappa shape index (κ3) is 3.64. The van der Waals surface area contributed by atoms with Crippen LogP contribution in [0.1, 0.15) is 37.2 Å². The Morgan fingerprint density at radius 2 is 1.74 bits per heavy atom. The van der Waals surface area contributed by atoms with Crippen molar-refractivity contribution in [3.8, 4) is 11.1 Å². The molecular weight excluding hydrogens is 414 g/mol. The number of hydrogen-bond donors (Lipinski definition) is 1. The van der Waals surface area contributed by atoms with Gasteiger partial charge >= 0.3 is 0 Å². The summed E-state index contributed by atoms with van der Waals surface area (Å²) in [5.41, 5.74) is 3.40. The number of piperidine rings is 1. The highest BCUT2D eigenvalue weighted by molar-refractivity contribution is 6.34. The number of amides is 3. The molecule has 5 rings (SSSR count). The number of fused-ring (bicyclic) bond motifs is 1. The van der Waals surface area contributed by atoms with Crippen LogP contribution in [0.3, 0.4) is 0 Å². The van der Waals surface area contributed by atoms with E-state index >= 15 is 0 Å². The van der Waals surface area contributed by atoms with Crippen LogP contribution in [0.25, 0.3) is 11.1 Å². The summed E-state index contributed by atoms with van der Waals surface area (Å²) in [6.07, 6.45) is 2.80. The van der Waals surface area contributed by atoms with Crippen molar-refractivity contribution in [2.45, 2.75) is 37.6 Å². The van der Waals surface area contributed by atoms with Gasteiger partial charge in [-0.2, -0.15) is 0 Å². The fourth-order valence-corrected chi connectivity index (χ4v) is 5.37. The minimum absolute atomic E-state index is 0.0214. The van der Waals surface area contributed by atoms with E-state index in [2.05, 4.69) is 10.2 Å². The summed E-state index contributed by atoms with van der Waals surface area (Å²) in [5.74, 6) is -0.772. The maximum atomic E-state index is 12.9. The number of benzene rings is 2. The molecule has 0 radical (unpaired) electrons. The topological polar surface area (TPSA) is 69.7 Å². The molecule has 1 N–H and O–H groups in total. The molecule has 31 heavy (non-hydrogen) atoms. The van der Waals surface area contributed by atoms with Crippen LogP contribution in [0, 0.1) is 0 Å². The van der Waals surface area contributed by atoms with Gasteiger partial charge in [0, 0.05) is 30.8 Å². The maximum absolute atomic E-state index is 12.9. The minimum Gasteiger partial charge on any atom is -0.310 e. The summed E-state index contributed by atoms with van der Waals surface area (Å²) in [5, 5.41) is 2.93. The fourth-order valence-electron chi connectivity index (χ4n) is 5.00. The quantitative estimate of drug-likeness (QED) is 0.748. The first-order valence-electron chi connectivity index (χ1n) is 10.8. The third-order valence-electron chi connectivity index (χ3n) is 6.66. The first kappa shape index (κ1) is 20.2. The molecule has 6 nitrogen and oxygen atoms in total. The molecule has 160 valence electrons. The van der Waals surface area contributed by atoms with Gasteiger partial charge in [0.05, 0.1) is 17.0 Å². The van der Waals surface area contributed by atoms with Gasteiger partial charge in [-0.25, -0.2) is 0 Å². The van der Waals surface area contributed by atoms with Crippen LogP contribution in [0.5, 0.6) is 0 Å². The van der Waals surface area contributed by atoms with E-state index < -0.39 is 5.92 Å². The normalized spacial score (nSPS) is 24.3. The van der Waals surface area contributed by atoms with Crippen molar-refractivity contribution in [2.75, 3.05) is 24.5 Å². The Balaban J connectivity index is 1.40. The standard InChI is InChI=1S/C24H24ClN3O3/c25-22-17(3-1-4-18(22)19-10-11-21(29)26-23(19)30)15-6-8-16(9-7-15)28-14-13-27-12-2-5-20(27)24(28)31/h1,3-4,6-9,19-20H,2,5,10-14H2,(H,26,29,30). The van der Waals surface area contributed by atoms with Gasteiger partial charge < -0.3 is 4.90 Å². The first-order chi connectivity index (χ1) is 15.0. The molecule has 3 fully saturated rings. The van der Waals surface area contributed by atoms with Crippen molar-refractivity contribution in [3.05, 3.63) is 53.1 Å². The Morgan fingerprint density at radius 1 is 0.935 bits per heavy atom. The molecule has 2 atom stereocenters. The predicted molar refractivity (Wildman–Crippen MR) is 119 cm³/mol. The number of rotatable bonds is 3.